The van der Waals surface area contributed by atoms with Gasteiger partial charge in [0.1, 0.15) is 0 Å². The van der Waals surface area contributed by atoms with Gasteiger partial charge in [-0.3, -0.25) is 0 Å². The summed E-state index contributed by atoms with van der Waals surface area (Å²) in [5.41, 5.74) is 0.855. The largest absolute Gasteiger partial charge is 0.493 e. The van der Waals surface area contributed by atoms with Crippen LogP contribution in [0.2, 0.25) is 0 Å². The van der Waals surface area contributed by atoms with Crippen LogP contribution in [0.25, 0.3) is 0 Å². The zero-order chi connectivity index (χ0) is 14.2. The fourth-order valence-electron chi connectivity index (χ4n) is 1.94. The lowest BCUT2D eigenvalue weighted by molar-refractivity contribution is -0.183. The molecule has 0 aliphatic carbocycles. The summed E-state index contributed by atoms with van der Waals surface area (Å²) in [4.78, 5) is 0. The lowest BCUT2D eigenvalue weighted by Gasteiger charge is -2.23. The van der Waals surface area contributed by atoms with Crippen LogP contribution in [0, 0.1) is 0 Å². The Balaban J connectivity index is 1.91. The van der Waals surface area contributed by atoms with Crippen molar-refractivity contribution < 1.29 is 18.9 Å². The van der Waals surface area contributed by atoms with Crippen molar-refractivity contribution in [3.05, 3.63) is 23.8 Å². The number of nitrogens with zero attached hydrogens (tertiary/aromatic N) is 1. The molecule has 0 aromatic heterocycles. The zero-order valence-electron chi connectivity index (χ0n) is 11.6. The lowest BCUT2D eigenvalue weighted by Crippen LogP contribution is -2.26. The highest BCUT2D eigenvalue weighted by Crippen LogP contribution is 2.28. The van der Waals surface area contributed by atoms with E-state index in [9.17, 15) is 0 Å². The third-order valence-electron chi connectivity index (χ3n) is 2.92. The molecular weight excluding hydrogens is 260 g/mol. The Morgan fingerprint density at radius 1 is 1.35 bits per heavy atom. The first-order chi connectivity index (χ1) is 9.83. The number of hydrogen-bond acceptors (Lipinski definition) is 6. The molecule has 1 saturated heterocycles. The summed E-state index contributed by atoms with van der Waals surface area (Å²) in [6, 6.07) is 5.51. The molecule has 1 aliphatic heterocycles. The molecule has 0 saturated carbocycles. The van der Waals surface area contributed by atoms with Gasteiger partial charge in [-0.05, 0) is 30.2 Å². The molecule has 110 valence electrons. The molecule has 0 radical (unpaired) electrons. The number of benzene rings is 1. The minimum absolute atomic E-state index is 0.177. The van der Waals surface area contributed by atoms with Crippen LogP contribution in [0.15, 0.2) is 23.3 Å². The Morgan fingerprint density at radius 3 is 2.85 bits per heavy atom. The molecule has 6 nitrogen and oxygen atoms in total. The van der Waals surface area contributed by atoms with E-state index >= 15 is 0 Å². The van der Waals surface area contributed by atoms with E-state index in [1.165, 1.54) is 0 Å². The molecule has 2 rings (SSSR count). The van der Waals surface area contributed by atoms with Gasteiger partial charge >= 0.3 is 0 Å². The van der Waals surface area contributed by atoms with Crippen molar-refractivity contribution in [1.29, 1.82) is 0 Å². The molecule has 0 unspecified atom stereocenters. The minimum Gasteiger partial charge on any atom is -0.493 e. The van der Waals surface area contributed by atoms with Crippen molar-refractivity contribution in [1.82, 2.24) is 0 Å². The average Bonchev–Trinajstić information content (AvgIpc) is 2.49. The maximum absolute atomic E-state index is 5.73. The third-order valence-corrected chi connectivity index (χ3v) is 2.92. The number of ether oxygens (including phenoxy) is 4. The highest BCUT2D eigenvalue weighted by molar-refractivity contribution is 5.80. The average molecular weight is 280 g/mol. The normalized spacial score (nSPS) is 16.4. The van der Waals surface area contributed by atoms with E-state index in [2.05, 4.69) is 5.10 Å². The number of methoxy groups -OCH3 is 1. The summed E-state index contributed by atoms with van der Waals surface area (Å²) in [5.74, 6) is 6.47. The summed E-state index contributed by atoms with van der Waals surface area (Å²) in [7, 11) is 1.60. The molecule has 1 heterocycles. The first kappa shape index (κ1) is 14.6. The molecule has 0 amide bonds. The molecule has 1 aromatic carbocycles. The van der Waals surface area contributed by atoms with Crippen molar-refractivity contribution in [2.24, 2.45) is 10.9 Å². The first-order valence-corrected chi connectivity index (χ1v) is 6.61. The second-order valence-corrected chi connectivity index (χ2v) is 4.35. The van der Waals surface area contributed by atoms with Crippen molar-refractivity contribution >= 4 is 6.21 Å². The van der Waals surface area contributed by atoms with E-state index in [1.54, 1.807) is 13.3 Å². The van der Waals surface area contributed by atoms with Gasteiger partial charge in [0.15, 0.2) is 17.8 Å². The molecule has 0 bridgehead atoms. The summed E-state index contributed by atoms with van der Waals surface area (Å²) in [6.07, 6.45) is 3.01. The second-order valence-electron chi connectivity index (χ2n) is 4.35. The second kappa shape index (κ2) is 7.72. The van der Waals surface area contributed by atoms with Crippen LogP contribution < -0.4 is 15.3 Å². The van der Waals surface area contributed by atoms with Crippen molar-refractivity contribution in [2.45, 2.75) is 19.1 Å². The molecule has 1 aliphatic rings. The molecule has 0 atom stereocenters. The Kier molecular flexibility index (Phi) is 5.64. The van der Waals surface area contributed by atoms with Gasteiger partial charge in [0.2, 0.25) is 0 Å². The molecule has 2 N–H and O–H groups in total. The fraction of sp³-hybridized carbons (Fsp3) is 0.500. The van der Waals surface area contributed by atoms with E-state index in [4.69, 9.17) is 24.8 Å². The van der Waals surface area contributed by atoms with E-state index in [-0.39, 0.29) is 6.29 Å². The fourth-order valence-corrected chi connectivity index (χ4v) is 1.94. The van der Waals surface area contributed by atoms with Gasteiger partial charge in [0, 0.05) is 6.42 Å². The first-order valence-electron chi connectivity index (χ1n) is 6.61. The third kappa shape index (κ3) is 4.11. The minimum atomic E-state index is -0.177. The Morgan fingerprint density at radius 2 is 2.15 bits per heavy atom. The molecule has 20 heavy (non-hydrogen) atoms. The predicted octanol–water partition coefficient (Wildman–Crippen LogP) is 1.52. The molecule has 6 heteroatoms. The summed E-state index contributed by atoms with van der Waals surface area (Å²) in [6.45, 7) is 1.98. The summed E-state index contributed by atoms with van der Waals surface area (Å²) in [5, 5.41) is 3.49. The Labute approximate surface area is 118 Å². The van der Waals surface area contributed by atoms with Gasteiger partial charge in [-0.2, -0.15) is 5.10 Å². The summed E-state index contributed by atoms with van der Waals surface area (Å²) >= 11 is 0. The highest BCUT2D eigenvalue weighted by Gasteiger charge is 2.14. The molecule has 1 aromatic rings. The van der Waals surface area contributed by atoms with Crippen LogP contribution in [0.5, 0.6) is 11.5 Å². The quantitative estimate of drug-likeness (QED) is 0.486. The van der Waals surface area contributed by atoms with E-state index in [1.807, 2.05) is 18.2 Å². The Bertz CT molecular complexity index is 445. The van der Waals surface area contributed by atoms with Gasteiger partial charge in [-0.15, -0.1) is 0 Å². The van der Waals surface area contributed by atoms with Crippen LogP contribution in [0.4, 0.5) is 0 Å². The van der Waals surface area contributed by atoms with Gasteiger partial charge < -0.3 is 24.8 Å². The van der Waals surface area contributed by atoms with Gasteiger partial charge in [0.25, 0.3) is 0 Å². The van der Waals surface area contributed by atoms with Crippen molar-refractivity contribution in [3.8, 4) is 11.5 Å². The summed E-state index contributed by atoms with van der Waals surface area (Å²) < 4.78 is 21.9. The monoisotopic (exact) mass is 280 g/mol. The zero-order valence-corrected chi connectivity index (χ0v) is 11.6. The van der Waals surface area contributed by atoms with Crippen molar-refractivity contribution in [2.75, 3.05) is 26.9 Å². The van der Waals surface area contributed by atoms with E-state index < -0.39 is 0 Å². The van der Waals surface area contributed by atoms with E-state index in [0.717, 1.165) is 25.2 Å². The molecule has 1 fully saturated rings. The Hall–Kier alpha value is -1.79. The van der Waals surface area contributed by atoms with Crippen molar-refractivity contribution in [3.63, 3.8) is 0 Å². The SMILES string of the molecule is COc1ccc(C=NN)cc1OCCC1OCCCO1. The standard InChI is InChI=1S/C14H20N2O4/c1-17-12-4-3-11(10-16-15)9-13(12)18-8-5-14-19-6-2-7-20-14/h3-4,9-10,14H,2,5-8,15H2,1H3. The molecule has 0 spiro atoms. The highest BCUT2D eigenvalue weighted by atomic mass is 16.7. The topological polar surface area (TPSA) is 75.3 Å². The number of rotatable bonds is 6. The van der Waals surface area contributed by atoms with Gasteiger partial charge in [0.05, 0.1) is 33.1 Å². The number of hydrazone groups is 1. The van der Waals surface area contributed by atoms with Crippen LogP contribution in [-0.4, -0.2) is 39.4 Å². The molecular formula is C14H20N2O4. The lowest BCUT2D eigenvalue weighted by atomic mass is 10.2. The van der Waals surface area contributed by atoms with Crippen LogP contribution in [0.1, 0.15) is 18.4 Å². The number of hydrogen-bond donors (Lipinski definition) is 1. The van der Waals surface area contributed by atoms with Gasteiger partial charge in [-0.1, -0.05) is 0 Å². The van der Waals surface area contributed by atoms with Crippen LogP contribution >= 0.6 is 0 Å². The number of nitrogens with two attached hydrogens (primary N) is 1. The smallest absolute Gasteiger partial charge is 0.161 e. The van der Waals surface area contributed by atoms with E-state index in [0.29, 0.717) is 24.5 Å². The maximum atomic E-state index is 5.73. The predicted molar refractivity (Wildman–Crippen MR) is 75.2 cm³/mol. The van der Waals surface area contributed by atoms with Crippen LogP contribution in [-0.2, 0) is 9.47 Å². The maximum Gasteiger partial charge on any atom is 0.161 e. The van der Waals surface area contributed by atoms with Crippen LogP contribution in [0.3, 0.4) is 0 Å². The van der Waals surface area contributed by atoms with Gasteiger partial charge in [-0.25, -0.2) is 0 Å².